The highest BCUT2D eigenvalue weighted by Crippen LogP contribution is 2.18. The number of benzene rings is 1. The molecule has 0 aliphatic carbocycles. The van der Waals surface area contributed by atoms with Crippen molar-refractivity contribution in [1.29, 1.82) is 0 Å². The van der Waals surface area contributed by atoms with Crippen molar-refractivity contribution in [3.8, 4) is 5.75 Å². The summed E-state index contributed by atoms with van der Waals surface area (Å²) in [5.41, 5.74) is 0.899. The monoisotopic (exact) mass is 148 g/mol. The molecule has 0 unspecified atom stereocenters. The lowest BCUT2D eigenvalue weighted by molar-refractivity contribution is 0.415. The summed E-state index contributed by atoms with van der Waals surface area (Å²) in [5.74, 6) is 0.828. The van der Waals surface area contributed by atoms with Crippen molar-refractivity contribution >= 4 is 10.9 Å². The molecule has 0 spiro atoms. The van der Waals surface area contributed by atoms with E-state index in [1.54, 1.807) is 13.3 Å². The van der Waals surface area contributed by atoms with Crippen LogP contribution < -0.4 is 4.74 Å². The number of aromatic nitrogens is 1. The molecular formula is C9H9NO. The number of ether oxygens (including phenoxy) is 1. The minimum atomic E-state index is 0.828. The Morgan fingerprint density at radius 1 is 1.45 bits per heavy atom. The Morgan fingerprint density at radius 3 is 3.18 bits per heavy atom. The Labute approximate surface area is 66.3 Å². The van der Waals surface area contributed by atoms with Crippen LogP contribution in [-0.4, -0.2) is 12.1 Å². The molecule has 1 aromatic heterocycles. The standard InChI is InChI=1S/C9H9NO/c1-11-8-2-3-9-7(6-8)4-5-10-9/h2-6,10H,1H3/i/hD. The lowest BCUT2D eigenvalue weighted by Crippen LogP contribution is -1.80. The fourth-order valence-electron chi connectivity index (χ4n) is 1.11. The van der Waals surface area contributed by atoms with Gasteiger partial charge in [-0.2, -0.15) is 0 Å². The van der Waals surface area contributed by atoms with Crippen molar-refractivity contribution in [3.05, 3.63) is 30.5 Å². The smallest absolute Gasteiger partial charge is 0.166 e. The van der Waals surface area contributed by atoms with E-state index in [-0.39, 0.29) is 0 Å². The average molecular weight is 148 g/mol. The van der Waals surface area contributed by atoms with Gasteiger partial charge < -0.3 is 9.71 Å². The first-order valence-corrected chi connectivity index (χ1v) is 3.45. The van der Waals surface area contributed by atoms with Crippen LogP contribution in [0.1, 0.15) is 0 Å². The molecule has 0 atom stereocenters. The average Bonchev–Trinajstić information content (AvgIpc) is 2.47. The van der Waals surface area contributed by atoms with E-state index in [0.29, 0.717) is 0 Å². The van der Waals surface area contributed by atoms with E-state index in [0.717, 1.165) is 16.7 Å². The van der Waals surface area contributed by atoms with Gasteiger partial charge in [-0.05, 0) is 24.3 Å². The molecule has 11 heavy (non-hydrogen) atoms. The first kappa shape index (κ1) is 5.24. The number of methoxy groups -OCH3 is 1. The number of fused-ring (bicyclic) bond motifs is 1. The highest BCUT2D eigenvalue weighted by atomic mass is 16.5. The van der Waals surface area contributed by atoms with Crippen LogP contribution in [0.3, 0.4) is 0 Å². The van der Waals surface area contributed by atoms with Gasteiger partial charge in [0.25, 0.3) is 0 Å². The van der Waals surface area contributed by atoms with E-state index in [9.17, 15) is 0 Å². The summed E-state index contributed by atoms with van der Waals surface area (Å²) in [6.07, 6.45) is 1.71. The molecule has 0 radical (unpaired) electrons. The van der Waals surface area contributed by atoms with Gasteiger partial charge in [0.05, 0.1) is 7.11 Å². The molecule has 0 fully saturated rings. The zero-order chi connectivity index (χ0) is 8.55. The van der Waals surface area contributed by atoms with Crippen LogP contribution in [0.15, 0.2) is 30.5 Å². The summed E-state index contributed by atoms with van der Waals surface area (Å²) in [5, 5.41) is 1.03. The molecule has 0 amide bonds. The summed E-state index contributed by atoms with van der Waals surface area (Å²) in [4.78, 5) is 1.34. The molecule has 0 aliphatic rings. The SMILES string of the molecule is [2H]n1ccc2cc(OC)ccc21. The van der Waals surface area contributed by atoms with Crippen LogP contribution in [0, 0.1) is 0 Å². The maximum atomic E-state index is 7.45. The topological polar surface area (TPSA) is 25.0 Å². The molecule has 0 aliphatic heterocycles. The predicted octanol–water partition coefficient (Wildman–Crippen LogP) is 2.18. The Kier molecular flexibility index (Phi) is 1.10. The van der Waals surface area contributed by atoms with Crippen LogP contribution >= 0.6 is 0 Å². The highest BCUT2D eigenvalue weighted by molar-refractivity contribution is 5.80. The molecule has 1 aromatic carbocycles. The second-order valence-electron chi connectivity index (χ2n) is 2.37. The molecule has 1 heterocycles. The number of H-pyrrole nitrogens is 1. The van der Waals surface area contributed by atoms with E-state index in [4.69, 9.17) is 6.15 Å². The molecule has 2 rings (SSSR count). The Bertz CT molecular complexity index is 408. The van der Waals surface area contributed by atoms with Gasteiger partial charge in [0.1, 0.15) is 5.75 Å². The van der Waals surface area contributed by atoms with E-state index in [1.165, 1.54) is 4.98 Å². The fourth-order valence-corrected chi connectivity index (χ4v) is 1.11. The van der Waals surface area contributed by atoms with Crippen LogP contribution in [0.4, 0.5) is 0 Å². The number of rotatable bonds is 1. The van der Waals surface area contributed by atoms with Crippen LogP contribution in [-0.2, 0) is 0 Å². The molecule has 56 valence electrons. The quantitative estimate of drug-likeness (QED) is 0.658. The Morgan fingerprint density at radius 2 is 2.36 bits per heavy atom. The molecule has 2 nitrogen and oxygen atoms in total. The number of nitrogens with one attached hydrogen (secondary N) is 1. The first-order valence-electron chi connectivity index (χ1n) is 3.90. The third-order valence-corrected chi connectivity index (χ3v) is 1.70. The largest absolute Gasteiger partial charge is 0.497 e. The van der Waals surface area contributed by atoms with Crippen molar-refractivity contribution in [1.82, 2.24) is 4.98 Å². The van der Waals surface area contributed by atoms with Crippen molar-refractivity contribution in [2.45, 2.75) is 0 Å². The molecule has 0 saturated heterocycles. The normalized spacial score (nSPS) is 11.5. The molecule has 2 aromatic rings. The molecule has 2 heteroatoms. The van der Waals surface area contributed by atoms with Gasteiger partial charge in [-0.25, -0.2) is 0 Å². The van der Waals surface area contributed by atoms with E-state index in [1.807, 2.05) is 24.3 Å². The van der Waals surface area contributed by atoms with Crippen molar-refractivity contribution in [2.24, 2.45) is 0 Å². The lowest BCUT2D eigenvalue weighted by Gasteiger charge is -1.97. The fraction of sp³-hybridized carbons (Fsp3) is 0.111. The lowest BCUT2D eigenvalue weighted by atomic mass is 10.2. The van der Waals surface area contributed by atoms with Crippen molar-refractivity contribution in [3.63, 3.8) is 0 Å². The van der Waals surface area contributed by atoms with Gasteiger partial charge in [-0.15, -0.1) is 0 Å². The van der Waals surface area contributed by atoms with E-state index in [2.05, 4.69) is 0 Å². The third kappa shape index (κ3) is 0.963. The Balaban J connectivity index is 2.69. The zero-order valence-corrected chi connectivity index (χ0v) is 6.24. The number of hydrogen-bond acceptors (Lipinski definition) is 1. The van der Waals surface area contributed by atoms with Gasteiger partial charge in [0, 0.05) is 17.1 Å². The van der Waals surface area contributed by atoms with Crippen LogP contribution in [0.2, 0.25) is 1.41 Å². The van der Waals surface area contributed by atoms with Gasteiger partial charge >= 0.3 is 0 Å². The highest BCUT2D eigenvalue weighted by Gasteiger charge is 1.94. The Hall–Kier alpha value is -1.44. The van der Waals surface area contributed by atoms with Gasteiger partial charge in [0.15, 0.2) is 1.41 Å². The molecule has 0 saturated carbocycles. The summed E-state index contributed by atoms with van der Waals surface area (Å²) < 4.78 is 12.5. The van der Waals surface area contributed by atoms with Gasteiger partial charge in [-0.3, -0.25) is 0 Å². The maximum absolute atomic E-state index is 7.45. The van der Waals surface area contributed by atoms with E-state index < -0.39 is 0 Å². The second-order valence-corrected chi connectivity index (χ2v) is 2.37. The second kappa shape index (κ2) is 2.31. The van der Waals surface area contributed by atoms with Crippen LogP contribution in [0.5, 0.6) is 5.75 Å². The minimum absolute atomic E-state index is 0.828. The maximum Gasteiger partial charge on any atom is 0.166 e. The van der Waals surface area contributed by atoms with Gasteiger partial charge in [0.2, 0.25) is 0 Å². The zero-order valence-electron chi connectivity index (χ0n) is 7.24. The third-order valence-electron chi connectivity index (χ3n) is 1.70. The number of aromatic amines is 1. The summed E-state index contributed by atoms with van der Waals surface area (Å²) in [6.45, 7) is 0. The summed E-state index contributed by atoms with van der Waals surface area (Å²) in [6, 6.07) is 7.54. The summed E-state index contributed by atoms with van der Waals surface area (Å²) >= 11 is 0. The van der Waals surface area contributed by atoms with E-state index >= 15 is 0 Å². The van der Waals surface area contributed by atoms with Gasteiger partial charge in [-0.1, -0.05) is 0 Å². The molecule has 0 bridgehead atoms. The summed E-state index contributed by atoms with van der Waals surface area (Å²) in [7, 11) is 1.64. The first-order chi connectivity index (χ1) is 5.81. The predicted molar refractivity (Wildman–Crippen MR) is 44.9 cm³/mol. The van der Waals surface area contributed by atoms with Crippen molar-refractivity contribution < 1.29 is 6.15 Å². The molecular weight excluding hydrogens is 138 g/mol. The van der Waals surface area contributed by atoms with Crippen molar-refractivity contribution in [2.75, 3.05) is 7.11 Å². The van der Waals surface area contributed by atoms with Crippen LogP contribution in [0.25, 0.3) is 10.9 Å². The molecule has 1 N–H and O–H groups in total. The minimum Gasteiger partial charge on any atom is -0.497 e. The number of hydrogen-bond donors (Lipinski definition) is 1.